The quantitative estimate of drug-likeness (QED) is 0.458. The van der Waals surface area contributed by atoms with Gasteiger partial charge in [-0.25, -0.2) is 4.98 Å². The third-order valence-electron chi connectivity index (χ3n) is 4.87. The third kappa shape index (κ3) is 3.85. The number of ether oxygens (including phenoxy) is 1. The molecular weight excluding hydrogens is 400 g/mol. The summed E-state index contributed by atoms with van der Waals surface area (Å²) in [5, 5.41) is 22.9. The average Bonchev–Trinajstić information content (AvgIpc) is 3.42. The second-order valence-electron chi connectivity index (χ2n) is 6.81. The number of aromatic nitrogens is 5. The topological polar surface area (TPSA) is 106 Å². The van der Waals surface area contributed by atoms with Crippen LogP contribution in [0.1, 0.15) is 35.6 Å². The molecule has 0 saturated heterocycles. The van der Waals surface area contributed by atoms with Gasteiger partial charge in [-0.1, -0.05) is 17.4 Å². The smallest absolute Gasteiger partial charge is 0.213 e. The number of nitrogens with one attached hydrogen (secondary N) is 1. The van der Waals surface area contributed by atoms with E-state index in [-0.39, 0.29) is 6.10 Å². The van der Waals surface area contributed by atoms with E-state index in [1.807, 2.05) is 24.3 Å². The van der Waals surface area contributed by atoms with Gasteiger partial charge in [-0.05, 0) is 37.1 Å². The molecule has 1 aliphatic carbocycles. The molecule has 4 heterocycles. The van der Waals surface area contributed by atoms with Crippen LogP contribution in [0.3, 0.4) is 0 Å². The first-order chi connectivity index (χ1) is 14.8. The highest BCUT2D eigenvalue weighted by Crippen LogP contribution is 2.33. The van der Waals surface area contributed by atoms with Crippen LogP contribution in [0, 0.1) is 0 Å². The maximum atomic E-state index is 10.5. The molecule has 0 amide bonds. The Kier molecular flexibility index (Phi) is 5.04. The Morgan fingerprint density at radius 3 is 2.80 bits per heavy atom. The number of aliphatic hydroxyl groups is 1. The lowest BCUT2D eigenvalue weighted by molar-refractivity contribution is 0.195. The minimum absolute atomic E-state index is 0.0388. The molecule has 8 nitrogen and oxygen atoms in total. The Hall–Kier alpha value is -3.43. The molecule has 0 radical (unpaired) electrons. The second-order valence-corrected chi connectivity index (χ2v) is 7.79. The number of pyridine rings is 3. The van der Waals surface area contributed by atoms with Crippen molar-refractivity contribution in [2.45, 2.75) is 25.2 Å². The van der Waals surface area contributed by atoms with Gasteiger partial charge < -0.3 is 15.2 Å². The highest BCUT2D eigenvalue weighted by Gasteiger charge is 2.25. The minimum Gasteiger partial charge on any atom is -0.469 e. The zero-order valence-corrected chi connectivity index (χ0v) is 16.7. The molecule has 0 spiro atoms. The largest absolute Gasteiger partial charge is 0.469 e. The zero-order chi connectivity index (χ0) is 20.3. The second kappa shape index (κ2) is 8.13. The minimum atomic E-state index is -0.957. The number of aryl methyl sites for hydroxylation is 1. The van der Waals surface area contributed by atoms with E-state index in [1.165, 1.54) is 11.3 Å². The van der Waals surface area contributed by atoms with Crippen LogP contribution in [0.5, 0.6) is 5.88 Å². The van der Waals surface area contributed by atoms with Crippen molar-refractivity contribution in [2.75, 3.05) is 5.32 Å². The molecule has 1 aliphatic rings. The van der Waals surface area contributed by atoms with Gasteiger partial charge in [0.25, 0.3) is 0 Å². The van der Waals surface area contributed by atoms with E-state index in [0.717, 1.165) is 34.7 Å². The maximum absolute atomic E-state index is 10.5. The van der Waals surface area contributed by atoms with E-state index in [2.05, 4.69) is 30.5 Å². The SMILES string of the molecule is OC(Nc1nnc(-c2ccncc2)s1)c1ccc(OC2CCc3ncccc32)nc1. The summed E-state index contributed by atoms with van der Waals surface area (Å²) >= 11 is 1.35. The highest BCUT2D eigenvalue weighted by molar-refractivity contribution is 7.18. The van der Waals surface area contributed by atoms with E-state index in [0.29, 0.717) is 16.6 Å². The van der Waals surface area contributed by atoms with Gasteiger partial charge in [-0.3, -0.25) is 9.97 Å². The predicted octanol–water partition coefficient (Wildman–Crippen LogP) is 3.56. The van der Waals surface area contributed by atoms with Crippen LogP contribution in [-0.2, 0) is 6.42 Å². The summed E-state index contributed by atoms with van der Waals surface area (Å²) < 4.78 is 6.03. The Balaban J connectivity index is 1.23. The van der Waals surface area contributed by atoms with Crippen molar-refractivity contribution in [3.63, 3.8) is 0 Å². The number of nitrogens with zero attached hydrogens (tertiary/aromatic N) is 5. The van der Waals surface area contributed by atoms with Gasteiger partial charge in [0.05, 0.1) is 0 Å². The predicted molar refractivity (Wildman–Crippen MR) is 112 cm³/mol. The summed E-state index contributed by atoms with van der Waals surface area (Å²) in [6.07, 6.45) is 7.60. The van der Waals surface area contributed by atoms with E-state index in [9.17, 15) is 5.11 Å². The first kappa shape index (κ1) is 18.6. The normalized spacial score (nSPS) is 16.1. The standard InChI is InChI=1S/C21H18N6O2S/c28-19(25-21-27-26-20(30-21)13-7-10-22-11-8-13)14-3-6-18(24-12-14)29-17-5-4-16-15(17)2-1-9-23-16/h1-3,6-12,17,19,28H,4-5H2,(H,25,27). The Morgan fingerprint density at radius 1 is 1.07 bits per heavy atom. The molecule has 4 aromatic rings. The van der Waals surface area contributed by atoms with Crippen LogP contribution in [0.2, 0.25) is 0 Å². The zero-order valence-electron chi connectivity index (χ0n) is 15.8. The fourth-order valence-electron chi connectivity index (χ4n) is 3.36. The van der Waals surface area contributed by atoms with Gasteiger partial charge in [-0.2, -0.15) is 0 Å². The Bertz CT molecular complexity index is 1140. The summed E-state index contributed by atoms with van der Waals surface area (Å²) in [6.45, 7) is 0. The lowest BCUT2D eigenvalue weighted by Crippen LogP contribution is -2.10. The summed E-state index contributed by atoms with van der Waals surface area (Å²) in [5.74, 6) is 0.517. The van der Waals surface area contributed by atoms with Crippen LogP contribution in [0.25, 0.3) is 10.6 Å². The van der Waals surface area contributed by atoms with Crippen LogP contribution < -0.4 is 10.1 Å². The fraction of sp³-hybridized carbons (Fsp3) is 0.190. The molecule has 5 rings (SSSR count). The molecule has 2 atom stereocenters. The maximum Gasteiger partial charge on any atom is 0.213 e. The van der Waals surface area contributed by atoms with E-state index < -0.39 is 6.23 Å². The van der Waals surface area contributed by atoms with Crippen molar-refractivity contribution < 1.29 is 9.84 Å². The lowest BCUT2D eigenvalue weighted by atomic mass is 10.2. The van der Waals surface area contributed by atoms with Crippen molar-refractivity contribution in [3.8, 4) is 16.5 Å². The number of hydrogen-bond donors (Lipinski definition) is 2. The summed E-state index contributed by atoms with van der Waals surface area (Å²) in [7, 11) is 0. The van der Waals surface area contributed by atoms with E-state index in [1.54, 1.807) is 36.9 Å². The number of aliphatic hydroxyl groups excluding tert-OH is 1. The summed E-state index contributed by atoms with van der Waals surface area (Å²) in [5.41, 5.74) is 3.74. The average molecular weight is 418 g/mol. The Morgan fingerprint density at radius 2 is 1.97 bits per heavy atom. The van der Waals surface area contributed by atoms with E-state index in [4.69, 9.17) is 4.74 Å². The number of rotatable bonds is 6. The molecule has 9 heteroatoms. The van der Waals surface area contributed by atoms with Gasteiger partial charge >= 0.3 is 0 Å². The van der Waals surface area contributed by atoms with Crippen molar-refractivity contribution >= 4 is 16.5 Å². The van der Waals surface area contributed by atoms with E-state index >= 15 is 0 Å². The number of fused-ring (bicyclic) bond motifs is 1. The first-order valence-corrected chi connectivity index (χ1v) is 10.3. The Labute approximate surface area is 176 Å². The van der Waals surface area contributed by atoms with Crippen LogP contribution >= 0.6 is 11.3 Å². The molecule has 2 N–H and O–H groups in total. The molecule has 150 valence electrons. The van der Waals surface area contributed by atoms with Gasteiger partial charge in [0.1, 0.15) is 11.1 Å². The number of anilines is 1. The monoisotopic (exact) mass is 418 g/mol. The molecule has 0 fully saturated rings. The first-order valence-electron chi connectivity index (χ1n) is 9.51. The molecular formula is C21H18N6O2S. The molecule has 2 unspecified atom stereocenters. The van der Waals surface area contributed by atoms with Crippen LogP contribution in [0.4, 0.5) is 5.13 Å². The van der Waals surface area contributed by atoms with Gasteiger partial charge in [-0.15, -0.1) is 10.2 Å². The number of hydrogen-bond acceptors (Lipinski definition) is 9. The third-order valence-corrected chi connectivity index (χ3v) is 5.77. The molecule has 0 bridgehead atoms. The van der Waals surface area contributed by atoms with Gasteiger partial charge in [0.2, 0.25) is 11.0 Å². The molecule has 0 saturated carbocycles. The van der Waals surface area contributed by atoms with Gasteiger partial charge in [0, 0.05) is 53.2 Å². The summed E-state index contributed by atoms with van der Waals surface area (Å²) in [6, 6.07) is 11.2. The van der Waals surface area contributed by atoms with Crippen LogP contribution in [0.15, 0.2) is 61.2 Å². The van der Waals surface area contributed by atoms with Crippen molar-refractivity contribution in [1.82, 2.24) is 25.1 Å². The molecule has 0 aliphatic heterocycles. The van der Waals surface area contributed by atoms with Gasteiger partial charge in [0.15, 0.2) is 6.23 Å². The van der Waals surface area contributed by atoms with Crippen molar-refractivity contribution in [1.29, 1.82) is 0 Å². The highest BCUT2D eigenvalue weighted by atomic mass is 32.1. The molecule has 30 heavy (non-hydrogen) atoms. The lowest BCUT2D eigenvalue weighted by Gasteiger charge is -2.15. The summed E-state index contributed by atoms with van der Waals surface area (Å²) in [4.78, 5) is 12.7. The molecule has 0 aromatic carbocycles. The fourth-order valence-corrected chi connectivity index (χ4v) is 4.13. The van der Waals surface area contributed by atoms with Crippen LogP contribution in [-0.4, -0.2) is 30.3 Å². The van der Waals surface area contributed by atoms with Crippen molar-refractivity contribution in [2.24, 2.45) is 0 Å². The molecule has 4 aromatic heterocycles. The van der Waals surface area contributed by atoms with Crippen molar-refractivity contribution in [3.05, 3.63) is 78.0 Å².